The predicted octanol–water partition coefficient (Wildman–Crippen LogP) is 3.72. The lowest BCUT2D eigenvalue weighted by Gasteiger charge is -2.12. The van der Waals surface area contributed by atoms with Crippen molar-refractivity contribution >= 4 is 17.4 Å². The van der Waals surface area contributed by atoms with Crippen molar-refractivity contribution in [2.24, 2.45) is 0 Å². The molecule has 1 N–H and O–H groups in total. The Labute approximate surface area is 124 Å². The van der Waals surface area contributed by atoms with E-state index in [2.05, 4.69) is 22.2 Å². The van der Waals surface area contributed by atoms with Gasteiger partial charge in [0, 0.05) is 23.9 Å². The number of hydrogen-bond acceptors (Lipinski definition) is 4. The maximum atomic E-state index is 6.16. The molecule has 0 radical (unpaired) electrons. The molecule has 0 saturated carbocycles. The monoisotopic (exact) mass is 291 g/mol. The quantitative estimate of drug-likeness (QED) is 0.932. The average molecular weight is 292 g/mol. The van der Waals surface area contributed by atoms with Crippen LogP contribution in [0.5, 0.6) is 5.75 Å². The fourth-order valence-corrected chi connectivity index (χ4v) is 2.34. The number of anilines is 1. The third kappa shape index (κ3) is 2.70. The van der Waals surface area contributed by atoms with Crippen LogP contribution in [0.3, 0.4) is 0 Å². The zero-order chi connectivity index (χ0) is 14.7. The number of benzene rings is 1. The van der Waals surface area contributed by atoms with Gasteiger partial charge in [0.15, 0.2) is 5.82 Å². The number of rotatable bonds is 4. The number of aryl methyl sites for hydroxylation is 1. The Balaban J connectivity index is 2.54. The number of halogens is 1. The van der Waals surface area contributed by atoms with Gasteiger partial charge in [-0.2, -0.15) is 0 Å². The Bertz CT molecular complexity index is 604. The minimum absolute atomic E-state index is 0.554. The molecule has 2 aromatic rings. The summed E-state index contributed by atoms with van der Waals surface area (Å²) >= 11 is 6.16. The van der Waals surface area contributed by atoms with Gasteiger partial charge < -0.3 is 10.1 Å². The van der Waals surface area contributed by atoms with E-state index in [0.717, 1.165) is 29.1 Å². The van der Waals surface area contributed by atoms with Gasteiger partial charge in [0.2, 0.25) is 0 Å². The molecule has 0 spiro atoms. The number of aromatic nitrogens is 2. The van der Waals surface area contributed by atoms with Crippen molar-refractivity contribution < 1.29 is 4.74 Å². The van der Waals surface area contributed by atoms with E-state index >= 15 is 0 Å². The van der Waals surface area contributed by atoms with Crippen LogP contribution in [-0.2, 0) is 6.42 Å². The third-order valence-corrected chi connectivity index (χ3v) is 3.52. The van der Waals surface area contributed by atoms with Crippen molar-refractivity contribution in [3.05, 3.63) is 34.5 Å². The first-order valence-corrected chi connectivity index (χ1v) is 6.87. The molecule has 0 bridgehead atoms. The van der Waals surface area contributed by atoms with E-state index in [9.17, 15) is 0 Å². The highest BCUT2D eigenvalue weighted by Gasteiger charge is 2.11. The molecular weight excluding hydrogens is 274 g/mol. The van der Waals surface area contributed by atoms with Crippen molar-refractivity contribution in [2.75, 3.05) is 19.5 Å². The van der Waals surface area contributed by atoms with E-state index in [0.29, 0.717) is 16.6 Å². The van der Waals surface area contributed by atoms with E-state index in [1.165, 1.54) is 0 Å². The molecular formula is C15H18ClN3O. The fourth-order valence-electron chi connectivity index (χ4n) is 2.09. The van der Waals surface area contributed by atoms with Gasteiger partial charge in [0.25, 0.3) is 0 Å². The van der Waals surface area contributed by atoms with Gasteiger partial charge in [0.05, 0.1) is 12.1 Å². The lowest BCUT2D eigenvalue weighted by Crippen LogP contribution is -2.04. The summed E-state index contributed by atoms with van der Waals surface area (Å²) in [5.41, 5.74) is 2.99. The standard InChI is InChI=1S/C15H18ClN3O/c1-5-12-9(2)14(17-3)19-15(18-12)10-6-7-13(20-4)11(16)8-10/h6-8H,5H2,1-4H3,(H,17,18,19). The lowest BCUT2D eigenvalue weighted by atomic mass is 10.1. The second-order valence-electron chi connectivity index (χ2n) is 4.42. The van der Waals surface area contributed by atoms with Crippen LogP contribution in [0, 0.1) is 6.92 Å². The van der Waals surface area contributed by atoms with Gasteiger partial charge in [-0.3, -0.25) is 0 Å². The van der Waals surface area contributed by atoms with Gasteiger partial charge in [-0.1, -0.05) is 18.5 Å². The highest BCUT2D eigenvalue weighted by Crippen LogP contribution is 2.30. The molecule has 20 heavy (non-hydrogen) atoms. The number of nitrogens with one attached hydrogen (secondary N) is 1. The first-order valence-electron chi connectivity index (χ1n) is 6.49. The molecule has 1 aromatic carbocycles. The summed E-state index contributed by atoms with van der Waals surface area (Å²) in [6.07, 6.45) is 0.861. The van der Waals surface area contributed by atoms with Gasteiger partial charge in [-0.05, 0) is 31.5 Å². The highest BCUT2D eigenvalue weighted by atomic mass is 35.5. The fraction of sp³-hybridized carbons (Fsp3) is 0.333. The summed E-state index contributed by atoms with van der Waals surface area (Å²) in [6, 6.07) is 5.56. The van der Waals surface area contributed by atoms with Gasteiger partial charge in [-0.25, -0.2) is 9.97 Å². The molecule has 106 valence electrons. The molecule has 0 saturated heterocycles. The van der Waals surface area contributed by atoms with Crippen molar-refractivity contribution in [1.29, 1.82) is 0 Å². The van der Waals surface area contributed by atoms with E-state index in [1.54, 1.807) is 7.11 Å². The Kier molecular flexibility index (Phi) is 4.45. The summed E-state index contributed by atoms with van der Waals surface area (Å²) in [7, 11) is 3.46. The first-order chi connectivity index (χ1) is 9.60. The van der Waals surface area contributed by atoms with Crippen molar-refractivity contribution in [3.63, 3.8) is 0 Å². The average Bonchev–Trinajstić information content (AvgIpc) is 2.47. The molecule has 0 aliphatic carbocycles. The third-order valence-electron chi connectivity index (χ3n) is 3.23. The van der Waals surface area contributed by atoms with E-state index in [1.807, 2.05) is 32.2 Å². The smallest absolute Gasteiger partial charge is 0.161 e. The van der Waals surface area contributed by atoms with E-state index in [4.69, 9.17) is 16.3 Å². The maximum Gasteiger partial charge on any atom is 0.161 e. The minimum Gasteiger partial charge on any atom is -0.495 e. The molecule has 2 rings (SSSR count). The van der Waals surface area contributed by atoms with E-state index in [-0.39, 0.29) is 0 Å². The molecule has 0 amide bonds. The molecule has 1 heterocycles. The predicted molar refractivity (Wildman–Crippen MR) is 82.7 cm³/mol. The summed E-state index contributed by atoms with van der Waals surface area (Å²) in [5, 5.41) is 3.66. The minimum atomic E-state index is 0.554. The molecule has 1 aromatic heterocycles. The summed E-state index contributed by atoms with van der Waals surface area (Å²) in [4.78, 5) is 9.16. The number of hydrogen-bond donors (Lipinski definition) is 1. The van der Waals surface area contributed by atoms with Crippen LogP contribution in [0.1, 0.15) is 18.2 Å². The Hall–Kier alpha value is -1.81. The van der Waals surface area contributed by atoms with Crippen LogP contribution < -0.4 is 10.1 Å². The van der Waals surface area contributed by atoms with Crippen LogP contribution in [0.2, 0.25) is 5.02 Å². The normalized spacial score (nSPS) is 10.4. The molecule has 0 aliphatic heterocycles. The molecule has 0 fully saturated rings. The SMILES string of the molecule is CCc1nc(-c2ccc(OC)c(Cl)c2)nc(NC)c1C. The summed E-state index contributed by atoms with van der Waals surface area (Å²) in [5.74, 6) is 2.16. The van der Waals surface area contributed by atoms with Crippen molar-refractivity contribution in [1.82, 2.24) is 9.97 Å². The first kappa shape index (κ1) is 14.6. The molecule has 0 atom stereocenters. The topological polar surface area (TPSA) is 47.0 Å². The Morgan fingerprint density at radius 1 is 1.30 bits per heavy atom. The summed E-state index contributed by atoms with van der Waals surface area (Å²) < 4.78 is 5.16. The summed E-state index contributed by atoms with van der Waals surface area (Å²) in [6.45, 7) is 4.11. The number of nitrogens with zero attached hydrogens (tertiary/aromatic N) is 2. The lowest BCUT2D eigenvalue weighted by molar-refractivity contribution is 0.415. The van der Waals surface area contributed by atoms with Crippen LogP contribution in [0.25, 0.3) is 11.4 Å². The largest absolute Gasteiger partial charge is 0.495 e. The Morgan fingerprint density at radius 2 is 2.05 bits per heavy atom. The molecule has 5 heteroatoms. The maximum absolute atomic E-state index is 6.16. The van der Waals surface area contributed by atoms with Crippen molar-refractivity contribution in [3.8, 4) is 17.1 Å². The highest BCUT2D eigenvalue weighted by molar-refractivity contribution is 6.32. The van der Waals surface area contributed by atoms with E-state index < -0.39 is 0 Å². The number of methoxy groups -OCH3 is 1. The second-order valence-corrected chi connectivity index (χ2v) is 4.83. The molecule has 4 nitrogen and oxygen atoms in total. The number of ether oxygens (including phenoxy) is 1. The second kappa shape index (κ2) is 6.09. The molecule has 0 unspecified atom stereocenters. The zero-order valence-electron chi connectivity index (χ0n) is 12.1. The zero-order valence-corrected chi connectivity index (χ0v) is 12.9. The van der Waals surface area contributed by atoms with Gasteiger partial charge >= 0.3 is 0 Å². The van der Waals surface area contributed by atoms with Crippen LogP contribution in [-0.4, -0.2) is 24.1 Å². The van der Waals surface area contributed by atoms with Crippen LogP contribution >= 0.6 is 11.6 Å². The van der Waals surface area contributed by atoms with Crippen molar-refractivity contribution in [2.45, 2.75) is 20.3 Å². The van der Waals surface area contributed by atoms with Gasteiger partial charge in [0.1, 0.15) is 11.6 Å². The molecule has 0 aliphatic rings. The van der Waals surface area contributed by atoms with Crippen LogP contribution in [0.15, 0.2) is 18.2 Å². The Morgan fingerprint density at radius 3 is 2.60 bits per heavy atom. The van der Waals surface area contributed by atoms with Crippen LogP contribution in [0.4, 0.5) is 5.82 Å². The van der Waals surface area contributed by atoms with Gasteiger partial charge in [-0.15, -0.1) is 0 Å².